The Bertz CT molecular complexity index is 578. The van der Waals surface area contributed by atoms with Gasteiger partial charge in [0.15, 0.2) is 0 Å². The van der Waals surface area contributed by atoms with Gasteiger partial charge in [-0.1, -0.05) is 0 Å². The van der Waals surface area contributed by atoms with E-state index in [0.717, 1.165) is 16.5 Å². The summed E-state index contributed by atoms with van der Waals surface area (Å²) in [5, 5.41) is 9.53. The Kier molecular flexibility index (Phi) is 3.62. The first-order valence-electron chi connectivity index (χ1n) is 5.60. The summed E-state index contributed by atoms with van der Waals surface area (Å²) in [6, 6.07) is 4.39. The molecule has 1 amide bonds. The van der Waals surface area contributed by atoms with Crippen LogP contribution in [0.15, 0.2) is 24.4 Å². The molecule has 1 aromatic carbocycles. The Morgan fingerprint density at radius 3 is 2.94 bits per heavy atom. The lowest BCUT2D eigenvalue weighted by Crippen LogP contribution is -2.17. The molecule has 0 spiro atoms. The molecule has 2 aromatic rings. The second kappa shape index (κ2) is 5.18. The van der Waals surface area contributed by atoms with Crippen LogP contribution in [-0.2, 0) is 17.8 Å². The van der Waals surface area contributed by atoms with E-state index in [9.17, 15) is 9.18 Å². The predicted molar refractivity (Wildman–Crippen MR) is 66.2 cm³/mol. The van der Waals surface area contributed by atoms with E-state index in [2.05, 4.69) is 0 Å². The van der Waals surface area contributed by atoms with Gasteiger partial charge in [-0.3, -0.25) is 4.79 Å². The Balaban J connectivity index is 2.48. The monoisotopic (exact) mass is 249 g/mol. The van der Waals surface area contributed by atoms with Crippen LogP contribution in [0.4, 0.5) is 4.39 Å². The summed E-state index contributed by atoms with van der Waals surface area (Å²) >= 11 is 0. The zero-order valence-electron chi connectivity index (χ0n) is 9.77. The highest BCUT2D eigenvalue weighted by Gasteiger charge is 2.10. The molecule has 2 rings (SSSR count). The summed E-state index contributed by atoms with van der Waals surface area (Å²) in [6.45, 7) is 0.0130. The fourth-order valence-corrected chi connectivity index (χ4v) is 2.02. The molecule has 0 aliphatic carbocycles. The molecule has 4 nitrogen and oxygen atoms in total. The summed E-state index contributed by atoms with van der Waals surface area (Å²) in [5.41, 5.74) is 6.79. The lowest BCUT2D eigenvalue weighted by molar-refractivity contribution is -0.118. The van der Waals surface area contributed by atoms with Crippen LogP contribution < -0.4 is 5.73 Å². The number of aromatic nitrogens is 1. The van der Waals surface area contributed by atoms with Gasteiger partial charge < -0.3 is 15.4 Å². The van der Waals surface area contributed by atoms with Crippen molar-refractivity contribution in [3.05, 3.63) is 42.2 Å². The highest BCUT2D eigenvalue weighted by molar-refractivity contribution is 5.86. The average Bonchev–Trinajstić information content (AvgIpc) is 2.63. The van der Waals surface area contributed by atoms with Crippen LogP contribution in [0.3, 0.4) is 0 Å². The molecule has 0 aliphatic rings. The third-order valence-corrected chi connectivity index (χ3v) is 2.75. The minimum atomic E-state index is -0.450. The summed E-state index contributed by atoms with van der Waals surface area (Å²) in [7, 11) is 0. The fourth-order valence-electron chi connectivity index (χ4n) is 2.02. The van der Waals surface area contributed by atoms with Crippen LogP contribution in [0.1, 0.15) is 5.56 Å². The molecule has 0 bridgehead atoms. The quantitative estimate of drug-likeness (QED) is 0.830. The van der Waals surface area contributed by atoms with Crippen LogP contribution in [0.25, 0.3) is 10.9 Å². The summed E-state index contributed by atoms with van der Waals surface area (Å²) in [6.07, 6.45) is 3.96. The maximum atomic E-state index is 13.3. The standard InChI is InChI=1S/C13H14FN2O2/c14-10-3-4-12-11(6-10)9(2-1-5-17)7-16(12)8-13(15)18/h1,3-4,6-7,17H,2,5,8H2,(H2,15,18). The maximum Gasteiger partial charge on any atom is 0.237 e. The van der Waals surface area contributed by atoms with Crippen molar-refractivity contribution < 1.29 is 14.3 Å². The van der Waals surface area contributed by atoms with Crippen LogP contribution >= 0.6 is 0 Å². The summed E-state index contributed by atoms with van der Waals surface area (Å²) < 4.78 is 14.9. The second-order valence-corrected chi connectivity index (χ2v) is 4.09. The van der Waals surface area contributed by atoms with Crippen molar-refractivity contribution in [3.8, 4) is 0 Å². The number of nitrogens with zero attached hydrogens (tertiary/aromatic N) is 1. The number of benzene rings is 1. The number of carbonyl (C=O) groups is 1. The predicted octanol–water partition coefficient (Wildman–Crippen LogP) is 1.00. The molecule has 5 heteroatoms. The summed E-state index contributed by atoms with van der Waals surface area (Å²) in [5.74, 6) is -0.779. The number of aliphatic hydroxyl groups is 1. The molecule has 0 atom stereocenters. The number of carbonyl (C=O) groups excluding carboxylic acids is 1. The second-order valence-electron chi connectivity index (χ2n) is 4.09. The van der Waals surface area contributed by atoms with Crippen molar-refractivity contribution in [2.45, 2.75) is 13.0 Å². The van der Waals surface area contributed by atoms with E-state index in [1.807, 2.05) is 0 Å². The molecule has 0 fully saturated rings. The van der Waals surface area contributed by atoms with Crippen molar-refractivity contribution >= 4 is 16.8 Å². The molecule has 1 heterocycles. The first kappa shape index (κ1) is 12.6. The lowest BCUT2D eigenvalue weighted by Gasteiger charge is -2.00. The van der Waals surface area contributed by atoms with Crippen molar-refractivity contribution in [1.82, 2.24) is 4.57 Å². The van der Waals surface area contributed by atoms with E-state index in [1.54, 1.807) is 23.3 Å². The molecule has 0 saturated heterocycles. The number of amides is 1. The maximum absolute atomic E-state index is 13.3. The van der Waals surface area contributed by atoms with Crippen molar-refractivity contribution in [1.29, 1.82) is 0 Å². The van der Waals surface area contributed by atoms with Crippen molar-refractivity contribution in [2.75, 3.05) is 6.61 Å². The number of halogens is 1. The Morgan fingerprint density at radius 2 is 2.28 bits per heavy atom. The molecule has 1 radical (unpaired) electrons. The van der Waals surface area contributed by atoms with Gasteiger partial charge >= 0.3 is 0 Å². The fraction of sp³-hybridized carbons (Fsp3) is 0.231. The first-order chi connectivity index (χ1) is 8.61. The highest BCUT2D eigenvalue weighted by Crippen LogP contribution is 2.23. The lowest BCUT2D eigenvalue weighted by atomic mass is 10.1. The molecule has 1 aromatic heterocycles. The van der Waals surface area contributed by atoms with E-state index in [4.69, 9.17) is 10.8 Å². The average molecular weight is 249 g/mol. The SMILES string of the molecule is NC(=O)Cn1cc(C[CH]CO)c2cc(F)ccc21. The number of hydrogen-bond donors (Lipinski definition) is 2. The van der Waals surface area contributed by atoms with Gasteiger partial charge in [0.25, 0.3) is 0 Å². The number of fused-ring (bicyclic) bond motifs is 1. The van der Waals surface area contributed by atoms with Gasteiger partial charge in [-0.2, -0.15) is 0 Å². The van der Waals surface area contributed by atoms with Crippen molar-refractivity contribution in [2.24, 2.45) is 5.73 Å². The normalized spacial score (nSPS) is 11.0. The van der Waals surface area contributed by atoms with E-state index < -0.39 is 5.91 Å². The molecule has 0 aliphatic heterocycles. The van der Waals surface area contributed by atoms with Gasteiger partial charge in [-0.25, -0.2) is 4.39 Å². The smallest absolute Gasteiger partial charge is 0.237 e. The van der Waals surface area contributed by atoms with Gasteiger partial charge in [0.1, 0.15) is 12.4 Å². The minimum absolute atomic E-state index is 0.0438. The molecule has 0 unspecified atom stereocenters. The van der Waals surface area contributed by atoms with Gasteiger partial charge in [0.05, 0.1) is 0 Å². The number of primary amides is 1. The number of aliphatic hydroxyl groups excluding tert-OH is 1. The summed E-state index contributed by atoms with van der Waals surface area (Å²) in [4.78, 5) is 11.0. The first-order valence-corrected chi connectivity index (χ1v) is 5.60. The van der Waals surface area contributed by atoms with E-state index in [0.29, 0.717) is 6.42 Å². The van der Waals surface area contributed by atoms with Gasteiger partial charge in [-0.15, -0.1) is 0 Å². The molecular weight excluding hydrogens is 235 g/mol. The molecule has 0 saturated carbocycles. The zero-order chi connectivity index (χ0) is 13.1. The highest BCUT2D eigenvalue weighted by atomic mass is 19.1. The van der Waals surface area contributed by atoms with E-state index in [-0.39, 0.29) is 19.0 Å². The molecule has 95 valence electrons. The molecular formula is C13H14FN2O2. The van der Waals surface area contributed by atoms with Crippen LogP contribution in [0.2, 0.25) is 0 Å². The largest absolute Gasteiger partial charge is 0.396 e. The Morgan fingerprint density at radius 1 is 1.50 bits per heavy atom. The Hall–Kier alpha value is -1.88. The number of hydrogen-bond acceptors (Lipinski definition) is 2. The van der Waals surface area contributed by atoms with Gasteiger partial charge in [0, 0.05) is 23.7 Å². The molecule has 3 N–H and O–H groups in total. The van der Waals surface area contributed by atoms with Crippen LogP contribution in [0, 0.1) is 12.2 Å². The number of rotatable bonds is 5. The topological polar surface area (TPSA) is 68.2 Å². The van der Waals surface area contributed by atoms with E-state index in [1.165, 1.54) is 12.1 Å². The van der Waals surface area contributed by atoms with Gasteiger partial charge in [-0.05, 0) is 36.6 Å². The van der Waals surface area contributed by atoms with E-state index >= 15 is 0 Å². The van der Waals surface area contributed by atoms with Gasteiger partial charge in [0.2, 0.25) is 5.91 Å². The third-order valence-electron chi connectivity index (χ3n) is 2.75. The van der Waals surface area contributed by atoms with Crippen LogP contribution in [0.5, 0.6) is 0 Å². The zero-order valence-corrected chi connectivity index (χ0v) is 9.77. The van der Waals surface area contributed by atoms with Crippen LogP contribution in [-0.4, -0.2) is 22.2 Å². The Labute approximate surface area is 104 Å². The van der Waals surface area contributed by atoms with Crippen molar-refractivity contribution in [3.63, 3.8) is 0 Å². The third kappa shape index (κ3) is 2.51. The minimum Gasteiger partial charge on any atom is -0.396 e. The molecule has 18 heavy (non-hydrogen) atoms. The number of nitrogens with two attached hydrogens (primary N) is 1.